The highest BCUT2D eigenvalue weighted by atomic mass is 15.0. The molecule has 0 aliphatic carbocycles. The van der Waals surface area contributed by atoms with E-state index >= 15 is 0 Å². The molecule has 0 radical (unpaired) electrons. The molecule has 0 atom stereocenters. The van der Waals surface area contributed by atoms with Gasteiger partial charge < -0.3 is 0 Å². The van der Waals surface area contributed by atoms with E-state index in [4.69, 9.17) is 0 Å². The van der Waals surface area contributed by atoms with Crippen LogP contribution in [0.15, 0.2) is 12.7 Å². The number of rotatable bonds is 9. The monoisotopic (exact) mass is 200 g/mol. The van der Waals surface area contributed by atoms with Crippen LogP contribution in [0.1, 0.15) is 64.7 Å². The second kappa shape index (κ2) is 18.4. The summed E-state index contributed by atoms with van der Waals surface area (Å²) in [5, 5.41) is 0. The smallest absolute Gasteiger partial charge is 0.0353 e. The first-order valence-corrected chi connectivity index (χ1v) is 5.86. The van der Waals surface area contributed by atoms with E-state index in [1.165, 1.54) is 57.8 Å². The third-order valence-electron chi connectivity index (χ3n) is 2.26. The van der Waals surface area contributed by atoms with Crippen molar-refractivity contribution < 1.29 is 0 Å². The number of unbranched alkanes of at least 4 members (excludes halogenated alkanes) is 8. The molecule has 0 rings (SSSR count). The van der Waals surface area contributed by atoms with E-state index in [2.05, 4.69) is 25.2 Å². The Labute approximate surface area is 89.7 Å². The molecule has 0 aromatic rings. The van der Waals surface area contributed by atoms with Crippen molar-refractivity contribution in [2.45, 2.75) is 64.7 Å². The van der Waals surface area contributed by atoms with Gasteiger partial charge in [0.25, 0.3) is 0 Å². The van der Waals surface area contributed by atoms with E-state index in [1.807, 2.05) is 6.08 Å². The summed E-state index contributed by atoms with van der Waals surface area (Å²) >= 11 is 0. The van der Waals surface area contributed by atoms with Crippen molar-refractivity contribution in [3.05, 3.63) is 12.7 Å². The molecular weight excluding hydrogens is 172 g/mol. The molecule has 2 nitrogen and oxygen atoms in total. The Balaban J connectivity index is 0. The van der Waals surface area contributed by atoms with Crippen molar-refractivity contribution in [3.8, 4) is 0 Å². The largest absolute Gasteiger partial charge is 0.274 e. The lowest BCUT2D eigenvalue weighted by molar-refractivity contribution is 0.578. The average Bonchev–Trinajstić information content (AvgIpc) is 2.25. The maximum absolute atomic E-state index is 4.00. The standard InChI is InChI=1S/C12H24.H4N2/c1-3-5-7-9-11-12-10-8-6-4-2;1-2/h3H,1,4-12H2,2H3;1-2H2. The summed E-state index contributed by atoms with van der Waals surface area (Å²) in [5.41, 5.74) is 0. The summed E-state index contributed by atoms with van der Waals surface area (Å²) in [6, 6.07) is 0. The first kappa shape index (κ1) is 16.1. The van der Waals surface area contributed by atoms with E-state index < -0.39 is 0 Å². The van der Waals surface area contributed by atoms with E-state index in [9.17, 15) is 0 Å². The fourth-order valence-corrected chi connectivity index (χ4v) is 1.42. The fraction of sp³-hybridized carbons (Fsp3) is 0.833. The molecule has 0 unspecified atom stereocenters. The summed E-state index contributed by atoms with van der Waals surface area (Å²) in [4.78, 5) is 0. The van der Waals surface area contributed by atoms with Gasteiger partial charge in [-0.3, -0.25) is 11.7 Å². The molecule has 0 aromatic heterocycles. The molecule has 0 spiro atoms. The molecule has 0 saturated heterocycles. The van der Waals surface area contributed by atoms with E-state index in [0.29, 0.717) is 0 Å². The summed E-state index contributed by atoms with van der Waals surface area (Å²) in [6.07, 6.45) is 14.5. The summed E-state index contributed by atoms with van der Waals surface area (Å²) in [6.45, 7) is 5.99. The molecule has 0 aromatic carbocycles. The normalized spacial score (nSPS) is 9.07. The van der Waals surface area contributed by atoms with Gasteiger partial charge in [-0.05, 0) is 12.8 Å². The zero-order valence-electron chi connectivity index (χ0n) is 9.80. The van der Waals surface area contributed by atoms with E-state index in [1.54, 1.807) is 0 Å². The summed E-state index contributed by atoms with van der Waals surface area (Å²) in [5.74, 6) is 8.00. The third kappa shape index (κ3) is 17.7. The Morgan fingerprint density at radius 1 is 0.857 bits per heavy atom. The van der Waals surface area contributed by atoms with Crippen LogP contribution in [0.4, 0.5) is 0 Å². The number of hydrogen-bond donors (Lipinski definition) is 2. The molecule has 0 heterocycles. The van der Waals surface area contributed by atoms with Crippen molar-refractivity contribution in [2.75, 3.05) is 0 Å². The molecule has 4 N–H and O–H groups in total. The van der Waals surface area contributed by atoms with Crippen LogP contribution in [0.2, 0.25) is 0 Å². The van der Waals surface area contributed by atoms with Crippen molar-refractivity contribution in [1.29, 1.82) is 0 Å². The van der Waals surface area contributed by atoms with Crippen molar-refractivity contribution in [3.63, 3.8) is 0 Å². The van der Waals surface area contributed by atoms with Gasteiger partial charge in [0.15, 0.2) is 0 Å². The van der Waals surface area contributed by atoms with Crippen molar-refractivity contribution in [2.24, 2.45) is 11.7 Å². The Hall–Kier alpha value is -0.340. The third-order valence-corrected chi connectivity index (χ3v) is 2.26. The molecule has 86 valence electrons. The van der Waals surface area contributed by atoms with Crippen molar-refractivity contribution >= 4 is 0 Å². The van der Waals surface area contributed by atoms with Gasteiger partial charge in [-0.25, -0.2) is 0 Å². The van der Waals surface area contributed by atoms with Gasteiger partial charge in [0.05, 0.1) is 0 Å². The van der Waals surface area contributed by atoms with Crippen LogP contribution in [0.5, 0.6) is 0 Å². The number of allylic oxidation sites excluding steroid dienone is 1. The van der Waals surface area contributed by atoms with Crippen LogP contribution in [0.25, 0.3) is 0 Å². The number of hydrogen-bond acceptors (Lipinski definition) is 2. The Morgan fingerprint density at radius 3 is 1.71 bits per heavy atom. The molecule has 0 bridgehead atoms. The Bertz CT molecular complexity index is 92.3. The van der Waals surface area contributed by atoms with Gasteiger partial charge in [-0.1, -0.05) is 57.9 Å². The Morgan fingerprint density at radius 2 is 1.29 bits per heavy atom. The van der Waals surface area contributed by atoms with Crippen molar-refractivity contribution in [1.82, 2.24) is 0 Å². The molecular formula is C12H28N2. The van der Waals surface area contributed by atoms with E-state index in [-0.39, 0.29) is 0 Å². The first-order chi connectivity index (χ1) is 6.91. The minimum atomic E-state index is 1.20. The maximum atomic E-state index is 4.00. The quantitative estimate of drug-likeness (QED) is 0.259. The SMILES string of the molecule is C=CCCCCCCCCCC.NN. The van der Waals surface area contributed by atoms with Gasteiger partial charge >= 0.3 is 0 Å². The van der Waals surface area contributed by atoms with Gasteiger partial charge in [-0.2, -0.15) is 0 Å². The predicted molar refractivity (Wildman–Crippen MR) is 65.8 cm³/mol. The molecule has 0 aliphatic heterocycles. The molecule has 0 saturated carbocycles. The highest BCUT2D eigenvalue weighted by Crippen LogP contribution is 2.09. The lowest BCUT2D eigenvalue weighted by atomic mass is 10.1. The van der Waals surface area contributed by atoms with Crippen LogP contribution in [-0.2, 0) is 0 Å². The molecule has 0 aliphatic rings. The first-order valence-electron chi connectivity index (χ1n) is 5.86. The summed E-state index contributed by atoms with van der Waals surface area (Å²) < 4.78 is 0. The second-order valence-electron chi connectivity index (χ2n) is 3.55. The average molecular weight is 200 g/mol. The van der Waals surface area contributed by atoms with Gasteiger partial charge in [0.2, 0.25) is 0 Å². The number of nitrogens with two attached hydrogens (primary N) is 2. The molecule has 2 heteroatoms. The fourth-order valence-electron chi connectivity index (χ4n) is 1.42. The van der Waals surface area contributed by atoms with Crippen LogP contribution < -0.4 is 11.7 Å². The zero-order valence-corrected chi connectivity index (χ0v) is 9.80. The second-order valence-corrected chi connectivity index (χ2v) is 3.55. The van der Waals surface area contributed by atoms with Gasteiger partial charge in [0.1, 0.15) is 0 Å². The minimum absolute atomic E-state index is 1.20. The zero-order chi connectivity index (χ0) is 11.1. The number of hydrazine groups is 1. The van der Waals surface area contributed by atoms with Crippen LogP contribution in [0.3, 0.4) is 0 Å². The lowest BCUT2D eigenvalue weighted by Gasteiger charge is -1.99. The van der Waals surface area contributed by atoms with Gasteiger partial charge in [-0.15, -0.1) is 6.58 Å². The molecule has 0 amide bonds. The minimum Gasteiger partial charge on any atom is -0.274 e. The highest BCUT2D eigenvalue weighted by molar-refractivity contribution is 4.65. The van der Waals surface area contributed by atoms with Crippen LogP contribution in [-0.4, -0.2) is 0 Å². The molecule has 14 heavy (non-hydrogen) atoms. The summed E-state index contributed by atoms with van der Waals surface area (Å²) in [7, 11) is 0. The van der Waals surface area contributed by atoms with Gasteiger partial charge in [0, 0.05) is 0 Å². The van der Waals surface area contributed by atoms with Crippen LogP contribution >= 0.6 is 0 Å². The topological polar surface area (TPSA) is 52.0 Å². The molecule has 0 fully saturated rings. The van der Waals surface area contributed by atoms with E-state index in [0.717, 1.165) is 0 Å². The predicted octanol–water partition coefficient (Wildman–Crippen LogP) is 3.52. The maximum Gasteiger partial charge on any atom is -0.0353 e. The highest BCUT2D eigenvalue weighted by Gasteiger charge is 1.89. The Kier molecular flexibility index (Phi) is 21.2. The van der Waals surface area contributed by atoms with Crippen LogP contribution in [0, 0.1) is 0 Å². The lowest BCUT2D eigenvalue weighted by Crippen LogP contribution is -2.02.